The van der Waals surface area contributed by atoms with Crippen molar-refractivity contribution in [1.82, 2.24) is 4.98 Å². The second-order valence-electron chi connectivity index (χ2n) is 4.30. The fraction of sp³-hybridized carbons (Fsp3) is 0.308. The zero-order valence-electron chi connectivity index (χ0n) is 9.58. The minimum atomic E-state index is -0.598. The number of para-hydroxylation sites is 1. The Hall–Kier alpha value is -1.77. The first-order chi connectivity index (χ1) is 7.59. The first-order valence-corrected chi connectivity index (χ1v) is 5.46. The number of hydrogen-bond donors (Lipinski definition) is 2. The topological polar surface area (TPSA) is 58.9 Å². The van der Waals surface area contributed by atoms with Crippen molar-refractivity contribution >= 4 is 16.8 Å². The zero-order valence-corrected chi connectivity index (χ0v) is 9.58. The number of H-pyrrole nitrogens is 1. The van der Waals surface area contributed by atoms with E-state index in [1.165, 1.54) is 0 Å². The lowest BCUT2D eigenvalue weighted by Gasteiger charge is -2.23. The smallest absolute Gasteiger partial charge is 0.227 e. The van der Waals surface area contributed by atoms with E-state index in [1.54, 1.807) is 0 Å². The van der Waals surface area contributed by atoms with Crippen LogP contribution in [-0.4, -0.2) is 10.9 Å². The summed E-state index contributed by atoms with van der Waals surface area (Å²) >= 11 is 0. The summed E-state index contributed by atoms with van der Waals surface area (Å²) in [5.74, 6) is -0.278. The van der Waals surface area contributed by atoms with Crippen LogP contribution in [0.2, 0.25) is 0 Å². The molecule has 0 aliphatic rings. The van der Waals surface area contributed by atoms with E-state index in [0.29, 0.717) is 6.42 Å². The standard InChI is InChI=1S/C13H16N2O/c1-3-13(2,12(14)16)10-8-15-11-7-5-4-6-9(10)11/h4-8,15H,3H2,1-2H3,(H2,14,16). The van der Waals surface area contributed by atoms with Crippen molar-refractivity contribution in [3.63, 3.8) is 0 Å². The molecule has 0 aliphatic heterocycles. The number of carbonyl (C=O) groups excluding carboxylic acids is 1. The first-order valence-electron chi connectivity index (χ1n) is 5.46. The summed E-state index contributed by atoms with van der Waals surface area (Å²) in [7, 11) is 0. The molecule has 16 heavy (non-hydrogen) atoms. The molecule has 1 aromatic carbocycles. The number of rotatable bonds is 3. The molecule has 1 atom stereocenters. The van der Waals surface area contributed by atoms with Gasteiger partial charge < -0.3 is 10.7 Å². The predicted molar refractivity (Wildman–Crippen MR) is 65.1 cm³/mol. The van der Waals surface area contributed by atoms with Gasteiger partial charge in [-0.15, -0.1) is 0 Å². The average molecular weight is 216 g/mol. The summed E-state index contributed by atoms with van der Waals surface area (Å²) < 4.78 is 0. The van der Waals surface area contributed by atoms with E-state index < -0.39 is 5.41 Å². The number of benzene rings is 1. The Kier molecular flexibility index (Phi) is 2.46. The molecule has 1 heterocycles. The summed E-state index contributed by atoms with van der Waals surface area (Å²) in [6, 6.07) is 7.95. The number of fused-ring (bicyclic) bond motifs is 1. The van der Waals surface area contributed by atoms with Crippen LogP contribution in [-0.2, 0) is 10.2 Å². The van der Waals surface area contributed by atoms with Gasteiger partial charge in [-0.25, -0.2) is 0 Å². The monoisotopic (exact) mass is 216 g/mol. The number of hydrogen-bond acceptors (Lipinski definition) is 1. The Balaban J connectivity index is 2.67. The summed E-state index contributed by atoms with van der Waals surface area (Å²) in [6.07, 6.45) is 2.59. The lowest BCUT2D eigenvalue weighted by molar-refractivity contribution is -0.123. The third-order valence-electron chi connectivity index (χ3n) is 3.43. The Morgan fingerprint density at radius 3 is 2.75 bits per heavy atom. The number of nitrogens with one attached hydrogen (secondary N) is 1. The molecule has 2 rings (SSSR count). The predicted octanol–water partition coefficient (Wildman–Crippen LogP) is 2.32. The molecule has 0 radical (unpaired) electrons. The van der Waals surface area contributed by atoms with E-state index in [0.717, 1.165) is 16.5 Å². The second-order valence-corrected chi connectivity index (χ2v) is 4.30. The van der Waals surface area contributed by atoms with Crippen LogP contribution in [0.3, 0.4) is 0 Å². The van der Waals surface area contributed by atoms with Crippen LogP contribution in [0.4, 0.5) is 0 Å². The molecule has 2 aromatic rings. The Labute approximate surface area is 94.6 Å². The maximum atomic E-state index is 11.6. The second kappa shape index (κ2) is 3.67. The van der Waals surface area contributed by atoms with Crippen LogP contribution in [0.5, 0.6) is 0 Å². The van der Waals surface area contributed by atoms with Crippen molar-refractivity contribution in [2.45, 2.75) is 25.7 Å². The van der Waals surface area contributed by atoms with Gasteiger partial charge in [0, 0.05) is 17.1 Å². The van der Waals surface area contributed by atoms with Gasteiger partial charge in [0.05, 0.1) is 5.41 Å². The van der Waals surface area contributed by atoms with E-state index in [1.807, 2.05) is 44.3 Å². The van der Waals surface area contributed by atoms with Gasteiger partial charge in [-0.3, -0.25) is 4.79 Å². The Morgan fingerprint density at radius 2 is 2.12 bits per heavy atom. The highest BCUT2D eigenvalue weighted by molar-refractivity contribution is 5.94. The van der Waals surface area contributed by atoms with Gasteiger partial charge >= 0.3 is 0 Å². The zero-order chi connectivity index (χ0) is 11.8. The highest BCUT2D eigenvalue weighted by atomic mass is 16.1. The van der Waals surface area contributed by atoms with Crippen molar-refractivity contribution in [3.8, 4) is 0 Å². The highest BCUT2D eigenvalue weighted by Gasteiger charge is 2.33. The molecule has 0 bridgehead atoms. The van der Waals surface area contributed by atoms with Crippen LogP contribution in [0.15, 0.2) is 30.5 Å². The molecule has 0 aliphatic carbocycles. The van der Waals surface area contributed by atoms with Crippen LogP contribution in [0, 0.1) is 0 Å². The lowest BCUT2D eigenvalue weighted by Crippen LogP contribution is -2.37. The fourth-order valence-electron chi connectivity index (χ4n) is 2.03. The molecular weight excluding hydrogens is 200 g/mol. The van der Waals surface area contributed by atoms with Crippen molar-refractivity contribution < 1.29 is 4.79 Å². The minimum Gasteiger partial charge on any atom is -0.369 e. The summed E-state index contributed by atoms with van der Waals surface area (Å²) in [4.78, 5) is 14.8. The lowest BCUT2D eigenvalue weighted by atomic mass is 9.79. The van der Waals surface area contributed by atoms with Crippen molar-refractivity contribution in [3.05, 3.63) is 36.0 Å². The van der Waals surface area contributed by atoms with Crippen molar-refractivity contribution in [2.75, 3.05) is 0 Å². The Bertz CT molecular complexity index is 529. The quantitative estimate of drug-likeness (QED) is 0.812. The van der Waals surface area contributed by atoms with E-state index in [2.05, 4.69) is 4.98 Å². The molecule has 1 amide bonds. The van der Waals surface area contributed by atoms with Gasteiger partial charge in [-0.2, -0.15) is 0 Å². The Morgan fingerprint density at radius 1 is 1.44 bits per heavy atom. The number of aromatic nitrogens is 1. The first kappa shape index (κ1) is 10.7. The van der Waals surface area contributed by atoms with Crippen LogP contribution < -0.4 is 5.73 Å². The van der Waals surface area contributed by atoms with E-state index in [-0.39, 0.29) is 5.91 Å². The summed E-state index contributed by atoms with van der Waals surface area (Å²) in [6.45, 7) is 3.87. The normalized spacial score (nSPS) is 14.9. The number of nitrogens with two attached hydrogens (primary N) is 1. The van der Waals surface area contributed by atoms with Gasteiger partial charge in [0.1, 0.15) is 0 Å². The van der Waals surface area contributed by atoms with E-state index in [9.17, 15) is 4.79 Å². The van der Waals surface area contributed by atoms with Crippen molar-refractivity contribution in [2.24, 2.45) is 5.73 Å². The van der Waals surface area contributed by atoms with E-state index in [4.69, 9.17) is 5.73 Å². The maximum absolute atomic E-state index is 11.6. The van der Waals surface area contributed by atoms with Gasteiger partial charge in [-0.1, -0.05) is 25.1 Å². The third-order valence-corrected chi connectivity index (χ3v) is 3.43. The molecule has 84 valence electrons. The molecule has 3 heteroatoms. The molecule has 1 unspecified atom stereocenters. The number of aromatic amines is 1. The molecule has 0 saturated heterocycles. The van der Waals surface area contributed by atoms with E-state index >= 15 is 0 Å². The molecular formula is C13H16N2O. The third kappa shape index (κ3) is 1.40. The molecule has 1 aromatic heterocycles. The van der Waals surface area contributed by atoms with Gasteiger partial charge in [0.15, 0.2) is 0 Å². The van der Waals surface area contributed by atoms with Gasteiger partial charge in [0.2, 0.25) is 5.91 Å². The average Bonchev–Trinajstić information content (AvgIpc) is 2.72. The molecule has 0 saturated carbocycles. The van der Waals surface area contributed by atoms with Gasteiger partial charge in [0.25, 0.3) is 0 Å². The van der Waals surface area contributed by atoms with Crippen molar-refractivity contribution in [1.29, 1.82) is 0 Å². The van der Waals surface area contributed by atoms with Crippen LogP contribution in [0.25, 0.3) is 10.9 Å². The van der Waals surface area contributed by atoms with Crippen LogP contribution >= 0.6 is 0 Å². The van der Waals surface area contributed by atoms with Crippen LogP contribution in [0.1, 0.15) is 25.8 Å². The molecule has 3 N–H and O–H groups in total. The SMILES string of the molecule is CCC(C)(C(N)=O)c1c[nH]c2ccccc12. The highest BCUT2D eigenvalue weighted by Crippen LogP contribution is 2.32. The minimum absolute atomic E-state index is 0.278. The molecule has 0 fully saturated rings. The van der Waals surface area contributed by atoms with Gasteiger partial charge in [-0.05, 0) is 25.0 Å². The number of carbonyl (C=O) groups is 1. The maximum Gasteiger partial charge on any atom is 0.227 e. The number of amides is 1. The summed E-state index contributed by atoms with van der Waals surface area (Å²) in [5.41, 5.74) is 6.94. The number of primary amides is 1. The molecule has 0 spiro atoms. The summed E-state index contributed by atoms with van der Waals surface area (Å²) in [5, 5.41) is 1.07. The largest absolute Gasteiger partial charge is 0.369 e. The fourth-order valence-corrected chi connectivity index (χ4v) is 2.03. The molecule has 3 nitrogen and oxygen atoms in total.